The van der Waals surface area contributed by atoms with Gasteiger partial charge in [0.15, 0.2) is 0 Å². The molecule has 104 valence electrons. The molecule has 5 heteroatoms. The quantitative estimate of drug-likeness (QED) is 0.713. The summed E-state index contributed by atoms with van der Waals surface area (Å²) in [6.07, 6.45) is 0.391. The third-order valence-electron chi connectivity index (χ3n) is 3.61. The van der Waals surface area contributed by atoms with Gasteiger partial charge in [-0.15, -0.1) is 0 Å². The van der Waals surface area contributed by atoms with E-state index in [1.807, 2.05) is 13.8 Å². The Hall–Kier alpha value is -1.10. The van der Waals surface area contributed by atoms with E-state index in [0.717, 1.165) is 26.2 Å². The van der Waals surface area contributed by atoms with Crippen molar-refractivity contribution >= 4 is 11.8 Å². The molecule has 1 saturated heterocycles. The molecule has 0 unspecified atom stereocenters. The molecule has 1 rings (SSSR count). The Morgan fingerprint density at radius 1 is 1.28 bits per heavy atom. The van der Waals surface area contributed by atoms with Crippen LogP contribution in [0.5, 0.6) is 0 Å². The zero-order chi connectivity index (χ0) is 13.5. The van der Waals surface area contributed by atoms with Gasteiger partial charge in [0.2, 0.25) is 11.8 Å². The number of rotatable bonds is 6. The summed E-state index contributed by atoms with van der Waals surface area (Å²) in [6, 6.07) is 0. The Kier molecular flexibility index (Phi) is 6.12. The Morgan fingerprint density at radius 2 is 1.94 bits per heavy atom. The average Bonchev–Trinajstić information content (AvgIpc) is 2.77. The molecule has 2 atom stereocenters. The van der Waals surface area contributed by atoms with E-state index in [1.165, 1.54) is 0 Å². The lowest BCUT2D eigenvalue weighted by atomic mass is 9.97. The van der Waals surface area contributed by atoms with Crippen LogP contribution in [0.25, 0.3) is 0 Å². The first-order chi connectivity index (χ1) is 8.60. The average molecular weight is 255 g/mol. The predicted molar refractivity (Wildman–Crippen MR) is 71.1 cm³/mol. The van der Waals surface area contributed by atoms with Crippen LogP contribution in [0.1, 0.15) is 27.2 Å². The van der Waals surface area contributed by atoms with Crippen LogP contribution in [0.3, 0.4) is 0 Å². The molecule has 0 aliphatic carbocycles. The summed E-state index contributed by atoms with van der Waals surface area (Å²) >= 11 is 0. The molecule has 0 radical (unpaired) electrons. The monoisotopic (exact) mass is 255 g/mol. The molecule has 1 aliphatic rings. The number of nitrogens with one attached hydrogen (secondary N) is 2. The lowest BCUT2D eigenvalue weighted by molar-refractivity contribution is -0.131. The van der Waals surface area contributed by atoms with Crippen LogP contribution in [0.2, 0.25) is 0 Å². The zero-order valence-corrected chi connectivity index (χ0v) is 11.7. The van der Waals surface area contributed by atoms with Crippen molar-refractivity contribution in [1.29, 1.82) is 0 Å². The van der Waals surface area contributed by atoms with Crippen LogP contribution < -0.4 is 10.6 Å². The van der Waals surface area contributed by atoms with Crippen molar-refractivity contribution < 1.29 is 9.59 Å². The third kappa shape index (κ3) is 3.98. The van der Waals surface area contributed by atoms with E-state index in [9.17, 15) is 9.59 Å². The molecule has 0 bridgehead atoms. The van der Waals surface area contributed by atoms with E-state index in [0.29, 0.717) is 18.9 Å². The van der Waals surface area contributed by atoms with Gasteiger partial charge >= 0.3 is 0 Å². The number of hydrogen-bond acceptors (Lipinski definition) is 3. The highest BCUT2D eigenvalue weighted by Gasteiger charge is 2.29. The number of hydrogen-bond donors (Lipinski definition) is 2. The second-order valence-corrected chi connectivity index (χ2v) is 4.85. The molecular weight excluding hydrogens is 230 g/mol. The van der Waals surface area contributed by atoms with Crippen LogP contribution in [-0.2, 0) is 9.59 Å². The van der Waals surface area contributed by atoms with E-state index in [4.69, 9.17) is 0 Å². The molecule has 0 aromatic carbocycles. The first-order valence-corrected chi connectivity index (χ1v) is 6.86. The van der Waals surface area contributed by atoms with E-state index >= 15 is 0 Å². The molecule has 1 fully saturated rings. The number of carbonyl (C=O) groups is 2. The highest BCUT2D eigenvalue weighted by molar-refractivity contribution is 5.81. The molecule has 0 aromatic rings. The van der Waals surface area contributed by atoms with Crippen LogP contribution >= 0.6 is 0 Å². The Labute approximate surface area is 109 Å². The normalized spacial score (nSPS) is 22.8. The first kappa shape index (κ1) is 15.0. The zero-order valence-electron chi connectivity index (χ0n) is 11.7. The maximum atomic E-state index is 11.9. The van der Waals surface area contributed by atoms with Gasteiger partial charge < -0.3 is 15.5 Å². The van der Waals surface area contributed by atoms with Crippen molar-refractivity contribution in [2.75, 3.05) is 32.7 Å². The van der Waals surface area contributed by atoms with Crippen LogP contribution in [0, 0.1) is 11.8 Å². The number of nitrogens with zero attached hydrogens (tertiary/aromatic N) is 1. The van der Waals surface area contributed by atoms with E-state index in [1.54, 1.807) is 4.90 Å². The maximum Gasteiger partial charge on any atom is 0.224 e. The molecule has 0 spiro atoms. The van der Waals surface area contributed by atoms with Crippen LogP contribution in [0.4, 0.5) is 0 Å². The van der Waals surface area contributed by atoms with Crippen LogP contribution in [-0.4, -0.2) is 49.4 Å². The fourth-order valence-corrected chi connectivity index (χ4v) is 2.32. The second kappa shape index (κ2) is 7.36. The molecule has 2 N–H and O–H groups in total. The van der Waals surface area contributed by atoms with Crippen molar-refractivity contribution in [3.05, 3.63) is 0 Å². The molecule has 2 amide bonds. The molecule has 1 heterocycles. The van der Waals surface area contributed by atoms with Crippen molar-refractivity contribution in [3.63, 3.8) is 0 Å². The minimum absolute atomic E-state index is 0.0496. The van der Waals surface area contributed by atoms with Crippen LogP contribution in [0.15, 0.2) is 0 Å². The van der Waals surface area contributed by atoms with Gasteiger partial charge in [-0.1, -0.05) is 6.92 Å². The Balaban J connectivity index is 2.25. The molecule has 0 saturated carbocycles. The molecule has 18 heavy (non-hydrogen) atoms. The molecule has 1 aliphatic heterocycles. The number of carbonyl (C=O) groups excluding carboxylic acids is 2. The molecule has 0 aromatic heterocycles. The van der Waals surface area contributed by atoms with Gasteiger partial charge in [0.25, 0.3) is 0 Å². The standard InChI is InChI=1S/C13H25N3O2/c1-4-16(5-2)12(17)6-7-15-13(18)11-9-14-8-10(11)3/h10-11,14H,4-9H2,1-3H3,(H,15,18)/t10-,11-/m1/s1. The maximum absolute atomic E-state index is 11.9. The van der Waals surface area contributed by atoms with Gasteiger partial charge in [-0.2, -0.15) is 0 Å². The van der Waals surface area contributed by atoms with Crippen molar-refractivity contribution in [2.24, 2.45) is 11.8 Å². The van der Waals surface area contributed by atoms with Crippen molar-refractivity contribution in [3.8, 4) is 0 Å². The fraction of sp³-hybridized carbons (Fsp3) is 0.846. The van der Waals surface area contributed by atoms with Crippen molar-refractivity contribution in [2.45, 2.75) is 27.2 Å². The summed E-state index contributed by atoms with van der Waals surface area (Å²) in [5.74, 6) is 0.606. The summed E-state index contributed by atoms with van der Waals surface area (Å²) in [4.78, 5) is 25.4. The van der Waals surface area contributed by atoms with Gasteiger partial charge in [-0.3, -0.25) is 9.59 Å². The highest BCUT2D eigenvalue weighted by atomic mass is 16.2. The SMILES string of the molecule is CCN(CC)C(=O)CCNC(=O)[C@@H]1CNC[C@H]1C. The Bertz CT molecular complexity index is 290. The summed E-state index contributed by atoms with van der Waals surface area (Å²) in [7, 11) is 0. The fourth-order valence-electron chi connectivity index (χ4n) is 2.32. The van der Waals surface area contributed by atoms with Gasteiger partial charge in [0, 0.05) is 32.6 Å². The second-order valence-electron chi connectivity index (χ2n) is 4.85. The summed E-state index contributed by atoms with van der Waals surface area (Å²) in [6.45, 7) is 9.55. The number of amides is 2. The van der Waals surface area contributed by atoms with Gasteiger partial charge in [-0.05, 0) is 26.3 Å². The molecular formula is C13H25N3O2. The van der Waals surface area contributed by atoms with Gasteiger partial charge in [0.05, 0.1) is 5.92 Å². The van der Waals surface area contributed by atoms with E-state index in [-0.39, 0.29) is 17.7 Å². The van der Waals surface area contributed by atoms with E-state index in [2.05, 4.69) is 17.6 Å². The minimum atomic E-state index is 0.0496. The highest BCUT2D eigenvalue weighted by Crippen LogP contribution is 2.15. The smallest absolute Gasteiger partial charge is 0.224 e. The van der Waals surface area contributed by atoms with E-state index < -0.39 is 0 Å². The Morgan fingerprint density at radius 3 is 2.44 bits per heavy atom. The summed E-state index contributed by atoms with van der Waals surface area (Å²) in [5, 5.41) is 6.07. The minimum Gasteiger partial charge on any atom is -0.355 e. The summed E-state index contributed by atoms with van der Waals surface area (Å²) < 4.78 is 0. The predicted octanol–water partition coefficient (Wildman–Crippen LogP) is 0.217. The van der Waals surface area contributed by atoms with Crippen molar-refractivity contribution in [1.82, 2.24) is 15.5 Å². The third-order valence-corrected chi connectivity index (χ3v) is 3.61. The topological polar surface area (TPSA) is 61.4 Å². The molecule has 5 nitrogen and oxygen atoms in total. The van der Waals surface area contributed by atoms with Gasteiger partial charge in [0.1, 0.15) is 0 Å². The summed E-state index contributed by atoms with van der Waals surface area (Å²) in [5.41, 5.74) is 0. The first-order valence-electron chi connectivity index (χ1n) is 6.86. The lowest BCUT2D eigenvalue weighted by Crippen LogP contribution is -2.38. The largest absolute Gasteiger partial charge is 0.355 e. The van der Waals surface area contributed by atoms with Gasteiger partial charge in [-0.25, -0.2) is 0 Å². The lowest BCUT2D eigenvalue weighted by Gasteiger charge is -2.19.